The maximum absolute atomic E-state index is 12.8. The number of halogens is 1. The second kappa shape index (κ2) is 8.45. The highest BCUT2D eigenvalue weighted by Crippen LogP contribution is 2.21. The van der Waals surface area contributed by atoms with Crippen LogP contribution in [0.2, 0.25) is 5.02 Å². The third kappa shape index (κ3) is 4.17. The van der Waals surface area contributed by atoms with Crippen molar-refractivity contribution >= 4 is 33.0 Å². The predicted octanol–water partition coefficient (Wildman–Crippen LogP) is 3.53. The lowest BCUT2D eigenvalue weighted by Gasteiger charge is -2.36. The summed E-state index contributed by atoms with van der Waals surface area (Å²) in [6, 6.07) is 18.7. The lowest BCUT2D eigenvalue weighted by molar-refractivity contribution is 0.0746. The van der Waals surface area contributed by atoms with Crippen LogP contribution in [0.15, 0.2) is 82.8 Å². The number of pyridine rings is 1. The van der Waals surface area contributed by atoms with Crippen molar-refractivity contribution in [1.82, 2.24) is 9.88 Å². The van der Waals surface area contributed by atoms with E-state index in [4.69, 9.17) is 11.6 Å². The number of piperazine rings is 1. The molecule has 1 aliphatic rings. The van der Waals surface area contributed by atoms with Gasteiger partial charge in [0.1, 0.15) is 0 Å². The average Bonchev–Trinajstić information content (AvgIpc) is 2.80. The van der Waals surface area contributed by atoms with Crippen LogP contribution < -0.4 is 4.90 Å². The van der Waals surface area contributed by atoms with Crippen LogP contribution in [-0.4, -0.2) is 50.4 Å². The van der Waals surface area contributed by atoms with Gasteiger partial charge in [-0.2, -0.15) is 0 Å². The summed E-state index contributed by atoms with van der Waals surface area (Å²) < 4.78 is 25.3. The summed E-state index contributed by atoms with van der Waals surface area (Å²) in [6.45, 7) is 2.57. The molecule has 30 heavy (non-hydrogen) atoms. The first-order valence-electron chi connectivity index (χ1n) is 9.51. The Hall–Kier alpha value is -2.90. The number of hydrogen-bond donors (Lipinski definition) is 0. The summed E-state index contributed by atoms with van der Waals surface area (Å²) in [5, 5.41) is 0.621. The number of anilines is 1. The molecule has 0 bridgehead atoms. The lowest BCUT2D eigenvalue weighted by atomic mass is 10.2. The van der Waals surface area contributed by atoms with Crippen molar-refractivity contribution in [3.8, 4) is 0 Å². The van der Waals surface area contributed by atoms with Gasteiger partial charge in [-0.1, -0.05) is 29.8 Å². The van der Waals surface area contributed by atoms with Gasteiger partial charge in [-0.25, -0.2) is 13.4 Å². The van der Waals surface area contributed by atoms with E-state index in [1.54, 1.807) is 23.1 Å². The van der Waals surface area contributed by atoms with E-state index < -0.39 is 9.84 Å². The number of carbonyl (C=O) groups is 1. The minimum Gasteiger partial charge on any atom is -0.368 e. The first kappa shape index (κ1) is 20.4. The Morgan fingerprint density at radius 1 is 0.867 bits per heavy atom. The van der Waals surface area contributed by atoms with Crippen LogP contribution >= 0.6 is 11.6 Å². The van der Waals surface area contributed by atoms with E-state index >= 15 is 0 Å². The topological polar surface area (TPSA) is 70.6 Å². The van der Waals surface area contributed by atoms with Crippen LogP contribution in [0.5, 0.6) is 0 Å². The van der Waals surface area contributed by atoms with Gasteiger partial charge in [-0.05, 0) is 48.5 Å². The van der Waals surface area contributed by atoms with E-state index in [2.05, 4.69) is 9.88 Å². The molecular weight excluding hydrogens is 422 g/mol. The SMILES string of the molecule is O=C(c1ccc(S(=O)(=O)c2ccccc2)nc1)N1CCN(c2ccc(Cl)cc2)CC1. The molecule has 0 radical (unpaired) electrons. The second-order valence-electron chi connectivity index (χ2n) is 6.96. The van der Waals surface area contributed by atoms with Crippen LogP contribution in [0.25, 0.3) is 0 Å². The highest BCUT2D eigenvalue weighted by Gasteiger charge is 2.24. The van der Waals surface area contributed by atoms with Gasteiger partial charge in [0.05, 0.1) is 10.5 Å². The van der Waals surface area contributed by atoms with Gasteiger partial charge in [0.15, 0.2) is 5.03 Å². The van der Waals surface area contributed by atoms with Crippen LogP contribution in [-0.2, 0) is 9.84 Å². The molecule has 0 unspecified atom stereocenters. The fourth-order valence-corrected chi connectivity index (χ4v) is 4.71. The van der Waals surface area contributed by atoms with Crippen LogP contribution in [0.1, 0.15) is 10.4 Å². The number of aromatic nitrogens is 1. The van der Waals surface area contributed by atoms with E-state index in [1.807, 2.05) is 24.3 Å². The third-order valence-corrected chi connectivity index (χ3v) is 7.01. The van der Waals surface area contributed by atoms with E-state index in [0.29, 0.717) is 36.8 Å². The number of benzene rings is 2. The van der Waals surface area contributed by atoms with Gasteiger partial charge in [0.2, 0.25) is 9.84 Å². The molecule has 0 saturated carbocycles. The van der Waals surface area contributed by atoms with Gasteiger partial charge in [0, 0.05) is 43.1 Å². The first-order valence-corrected chi connectivity index (χ1v) is 11.4. The standard InChI is InChI=1S/C22H20ClN3O3S/c23-18-7-9-19(10-8-18)25-12-14-26(15-13-25)22(27)17-6-11-21(24-16-17)30(28,29)20-4-2-1-3-5-20/h1-11,16H,12-15H2. The maximum Gasteiger partial charge on any atom is 0.255 e. The normalized spacial score (nSPS) is 14.6. The Kier molecular flexibility index (Phi) is 5.74. The fraction of sp³-hybridized carbons (Fsp3) is 0.182. The van der Waals surface area contributed by atoms with Crippen molar-refractivity contribution in [2.75, 3.05) is 31.1 Å². The minimum atomic E-state index is -3.70. The largest absolute Gasteiger partial charge is 0.368 e. The predicted molar refractivity (Wildman–Crippen MR) is 116 cm³/mol. The molecule has 3 aromatic rings. The molecule has 8 heteroatoms. The molecule has 1 aromatic heterocycles. The van der Waals surface area contributed by atoms with E-state index in [-0.39, 0.29) is 15.8 Å². The van der Waals surface area contributed by atoms with Gasteiger partial charge in [-0.3, -0.25) is 4.79 Å². The van der Waals surface area contributed by atoms with Gasteiger partial charge in [-0.15, -0.1) is 0 Å². The van der Waals surface area contributed by atoms with Crippen LogP contribution in [0, 0.1) is 0 Å². The molecule has 1 fully saturated rings. The van der Waals surface area contributed by atoms with Crippen molar-refractivity contribution in [1.29, 1.82) is 0 Å². The van der Waals surface area contributed by atoms with Crippen LogP contribution in [0.4, 0.5) is 5.69 Å². The molecule has 1 amide bonds. The highest BCUT2D eigenvalue weighted by atomic mass is 35.5. The van der Waals surface area contributed by atoms with Crippen molar-refractivity contribution in [3.05, 3.63) is 83.5 Å². The summed E-state index contributed by atoms with van der Waals surface area (Å²) in [6.07, 6.45) is 1.34. The summed E-state index contributed by atoms with van der Waals surface area (Å²) in [7, 11) is -3.70. The third-order valence-electron chi connectivity index (χ3n) is 5.07. The molecule has 2 heterocycles. The monoisotopic (exact) mass is 441 g/mol. The molecule has 0 atom stereocenters. The lowest BCUT2D eigenvalue weighted by Crippen LogP contribution is -2.48. The smallest absolute Gasteiger partial charge is 0.255 e. The zero-order valence-electron chi connectivity index (χ0n) is 16.1. The average molecular weight is 442 g/mol. The fourth-order valence-electron chi connectivity index (χ4n) is 3.39. The quantitative estimate of drug-likeness (QED) is 0.619. The molecule has 0 N–H and O–H groups in total. The van der Waals surface area contributed by atoms with E-state index in [9.17, 15) is 13.2 Å². The summed E-state index contributed by atoms with van der Waals surface area (Å²) in [5.41, 5.74) is 1.45. The van der Waals surface area contributed by atoms with Gasteiger partial charge >= 0.3 is 0 Å². The summed E-state index contributed by atoms with van der Waals surface area (Å²) >= 11 is 5.94. The maximum atomic E-state index is 12.8. The van der Waals surface area contributed by atoms with Gasteiger partial charge < -0.3 is 9.80 Å². The highest BCUT2D eigenvalue weighted by molar-refractivity contribution is 7.91. The first-order chi connectivity index (χ1) is 14.4. The second-order valence-corrected chi connectivity index (χ2v) is 9.29. The number of sulfone groups is 1. The molecule has 1 saturated heterocycles. The molecule has 0 aliphatic carbocycles. The number of hydrogen-bond acceptors (Lipinski definition) is 5. The van der Waals surface area contributed by atoms with Gasteiger partial charge in [0.25, 0.3) is 5.91 Å². The van der Waals surface area contributed by atoms with E-state index in [0.717, 1.165) is 5.69 Å². The van der Waals surface area contributed by atoms with Crippen molar-refractivity contribution in [3.63, 3.8) is 0 Å². The molecule has 1 aliphatic heterocycles. The summed E-state index contributed by atoms with van der Waals surface area (Å²) in [4.78, 5) is 21.0. The Bertz CT molecular complexity index is 1130. The molecular formula is C22H20ClN3O3S. The van der Waals surface area contributed by atoms with Crippen molar-refractivity contribution < 1.29 is 13.2 Å². The zero-order chi connectivity index (χ0) is 21.1. The minimum absolute atomic E-state index is 0.0715. The number of carbonyl (C=O) groups excluding carboxylic acids is 1. The molecule has 0 spiro atoms. The van der Waals surface area contributed by atoms with Crippen molar-refractivity contribution in [2.45, 2.75) is 9.92 Å². The molecule has 2 aromatic carbocycles. The Morgan fingerprint density at radius 2 is 1.53 bits per heavy atom. The molecule has 6 nitrogen and oxygen atoms in total. The van der Waals surface area contributed by atoms with E-state index in [1.165, 1.54) is 30.5 Å². The Balaban J connectivity index is 1.43. The van der Waals surface area contributed by atoms with Crippen LogP contribution in [0.3, 0.4) is 0 Å². The number of rotatable bonds is 4. The summed E-state index contributed by atoms with van der Waals surface area (Å²) in [5.74, 6) is -0.151. The Morgan fingerprint density at radius 3 is 2.13 bits per heavy atom. The number of amides is 1. The molecule has 154 valence electrons. The Labute approximate surface area is 180 Å². The number of nitrogens with zero attached hydrogens (tertiary/aromatic N) is 3. The van der Waals surface area contributed by atoms with Crippen molar-refractivity contribution in [2.24, 2.45) is 0 Å². The molecule has 4 rings (SSSR count). The zero-order valence-corrected chi connectivity index (χ0v) is 17.7.